The zero-order valence-corrected chi connectivity index (χ0v) is 24.2. The van der Waals surface area contributed by atoms with Gasteiger partial charge in [-0.3, -0.25) is 9.59 Å². The van der Waals surface area contributed by atoms with Crippen LogP contribution < -0.4 is 9.62 Å². The molecule has 0 atom stereocenters. The third-order valence-electron chi connectivity index (χ3n) is 6.90. The van der Waals surface area contributed by atoms with Crippen molar-refractivity contribution in [2.24, 2.45) is 5.92 Å². The van der Waals surface area contributed by atoms with Gasteiger partial charge in [-0.25, -0.2) is 4.98 Å². The summed E-state index contributed by atoms with van der Waals surface area (Å²) in [6.45, 7) is 10.5. The van der Waals surface area contributed by atoms with E-state index in [1.54, 1.807) is 19.1 Å². The molecule has 0 saturated carbocycles. The largest absolute Gasteiger partial charge is 0.456 e. The van der Waals surface area contributed by atoms with E-state index in [4.69, 9.17) is 19.2 Å². The number of hydrogen-bond acceptors (Lipinski definition) is 8. The van der Waals surface area contributed by atoms with Crippen molar-refractivity contribution >= 4 is 46.2 Å². The Labute approximate surface area is 234 Å². The molecule has 9 nitrogen and oxygen atoms in total. The van der Waals surface area contributed by atoms with Crippen LogP contribution in [0.5, 0.6) is 0 Å². The number of esters is 1. The Morgan fingerprint density at radius 1 is 1.18 bits per heavy atom. The normalized spacial score (nSPS) is 14.4. The molecule has 4 rings (SSSR count). The van der Waals surface area contributed by atoms with Gasteiger partial charge >= 0.3 is 5.97 Å². The van der Waals surface area contributed by atoms with Crippen LogP contribution >= 0.6 is 11.9 Å². The van der Waals surface area contributed by atoms with Crippen LogP contribution in [0.4, 0.5) is 11.4 Å². The summed E-state index contributed by atoms with van der Waals surface area (Å²) in [6, 6.07) is 14.0. The van der Waals surface area contributed by atoms with Gasteiger partial charge in [0.1, 0.15) is 11.4 Å². The molecule has 1 N–H and O–H groups in total. The predicted molar refractivity (Wildman–Crippen MR) is 154 cm³/mol. The molecule has 1 aliphatic heterocycles. The summed E-state index contributed by atoms with van der Waals surface area (Å²) in [5.74, 6) is 0.630. The van der Waals surface area contributed by atoms with Crippen molar-refractivity contribution in [2.75, 3.05) is 43.1 Å². The van der Waals surface area contributed by atoms with Crippen molar-refractivity contribution in [1.29, 1.82) is 0 Å². The maximum Gasteiger partial charge on any atom is 0.303 e. The lowest BCUT2D eigenvalue weighted by atomic mass is 9.99. The number of imidazole rings is 1. The quantitative estimate of drug-likeness (QED) is 0.249. The monoisotopic (exact) mass is 554 g/mol. The van der Waals surface area contributed by atoms with Gasteiger partial charge in [0.25, 0.3) is 5.91 Å². The first-order valence-corrected chi connectivity index (χ1v) is 14.1. The predicted octanol–water partition coefficient (Wildman–Crippen LogP) is 5.38. The highest BCUT2D eigenvalue weighted by Gasteiger charge is 2.29. The van der Waals surface area contributed by atoms with E-state index in [9.17, 15) is 9.59 Å². The summed E-state index contributed by atoms with van der Waals surface area (Å²) in [4.78, 5) is 28.9. The number of carbonyl (C=O) groups is 2. The second-order valence-electron chi connectivity index (χ2n) is 10.1. The van der Waals surface area contributed by atoms with Crippen LogP contribution in [-0.4, -0.2) is 54.9 Å². The van der Waals surface area contributed by atoms with E-state index in [1.807, 2.05) is 24.3 Å². The highest BCUT2D eigenvalue weighted by Crippen LogP contribution is 2.34. The van der Waals surface area contributed by atoms with Crippen LogP contribution in [0.15, 0.2) is 47.4 Å². The fourth-order valence-electron chi connectivity index (χ4n) is 4.59. The molecule has 1 fully saturated rings. The average molecular weight is 555 g/mol. The first-order chi connectivity index (χ1) is 18.7. The lowest BCUT2D eigenvalue weighted by Gasteiger charge is -2.27. The van der Waals surface area contributed by atoms with E-state index in [-0.39, 0.29) is 12.5 Å². The smallest absolute Gasteiger partial charge is 0.303 e. The zero-order chi connectivity index (χ0) is 28.0. The second kappa shape index (κ2) is 12.8. The Kier molecular flexibility index (Phi) is 9.53. The van der Waals surface area contributed by atoms with Crippen molar-refractivity contribution in [3.05, 3.63) is 48.3 Å². The van der Waals surface area contributed by atoms with E-state index >= 15 is 0 Å². The number of ether oxygens (including phenoxy) is 3. The van der Waals surface area contributed by atoms with Gasteiger partial charge in [-0.2, -0.15) is 0 Å². The first-order valence-electron chi connectivity index (χ1n) is 13.3. The van der Waals surface area contributed by atoms with Gasteiger partial charge < -0.3 is 28.4 Å². The molecular formula is C29H38N4O5S. The third-order valence-corrected chi connectivity index (χ3v) is 8.07. The van der Waals surface area contributed by atoms with E-state index in [2.05, 4.69) is 53.2 Å². The number of nitrogens with one attached hydrogen (secondary N) is 1. The maximum absolute atomic E-state index is 11.9. The van der Waals surface area contributed by atoms with Crippen molar-refractivity contribution in [3.63, 3.8) is 0 Å². The standard InChI is InChI=1S/C29H38N4O5S/c1-6-33(39-24-10-7-22(8-11-24)30-27(35)19-38-20(2)34)23-9-12-26-25(17-23)31-28(29(3,4)36-5)32(26)18-21-13-15-37-16-14-21/h7-12,17,21H,6,13-16,18-19H2,1-5H3,(H,30,35). The van der Waals surface area contributed by atoms with Gasteiger partial charge in [-0.1, -0.05) is 0 Å². The molecule has 0 spiro atoms. The zero-order valence-electron chi connectivity index (χ0n) is 23.4. The number of benzene rings is 2. The summed E-state index contributed by atoms with van der Waals surface area (Å²) in [5, 5.41) is 2.73. The molecule has 0 aliphatic carbocycles. The highest BCUT2D eigenvalue weighted by atomic mass is 32.2. The summed E-state index contributed by atoms with van der Waals surface area (Å²) < 4.78 is 20.7. The average Bonchev–Trinajstić information content (AvgIpc) is 3.30. The SMILES string of the molecule is CCN(Sc1ccc(NC(=O)COC(C)=O)cc1)c1ccc2c(c1)nc(C(C)(C)OC)n2CC1CCOCC1. The Morgan fingerprint density at radius 3 is 2.54 bits per heavy atom. The molecule has 2 aromatic carbocycles. The van der Waals surface area contributed by atoms with E-state index in [1.165, 1.54) is 6.92 Å². The van der Waals surface area contributed by atoms with Gasteiger partial charge in [-0.05, 0) is 93.9 Å². The number of rotatable bonds is 11. The van der Waals surface area contributed by atoms with Gasteiger partial charge in [0.15, 0.2) is 6.61 Å². The number of aromatic nitrogens is 2. The van der Waals surface area contributed by atoms with Crippen molar-refractivity contribution < 1.29 is 23.8 Å². The number of anilines is 2. The van der Waals surface area contributed by atoms with Crippen LogP contribution in [0.25, 0.3) is 11.0 Å². The molecule has 0 unspecified atom stereocenters. The van der Waals surface area contributed by atoms with E-state index in [0.717, 1.165) is 66.6 Å². The van der Waals surface area contributed by atoms with Crippen molar-refractivity contribution in [1.82, 2.24) is 9.55 Å². The minimum atomic E-state index is -0.515. The number of carbonyl (C=O) groups excluding carboxylic acids is 2. The van der Waals surface area contributed by atoms with Gasteiger partial charge in [0.2, 0.25) is 0 Å². The summed E-state index contributed by atoms with van der Waals surface area (Å²) in [5.41, 5.74) is 3.25. The van der Waals surface area contributed by atoms with Crippen LogP contribution in [-0.2, 0) is 35.9 Å². The minimum absolute atomic E-state index is 0.300. The Balaban J connectivity index is 1.53. The first kappa shape index (κ1) is 28.9. The van der Waals surface area contributed by atoms with E-state index < -0.39 is 11.6 Å². The molecule has 1 amide bonds. The number of hydrogen-bond donors (Lipinski definition) is 1. The maximum atomic E-state index is 11.9. The van der Waals surface area contributed by atoms with Crippen LogP contribution in [0.3, 0.4) is 0 Å². The molecule has 1 saturated heterocycles. The fourth-order valence-corrected chi connectivity index (χ4v) is 5.45. The lowest BCUT2D eigenvalue weighted by Crippen LogP contribution is -2.28. The van der Waals surface area contributed by atoms with Gasteiger partial charge in [-0.15, -0.1) is 0 Å². The molecule has 39 heavy (non-hydrogen) atoms. The fraction of sp³-hybridized carbons (Fsp3) is 0.483. The summed E-state index contributed by atoms with van der Waals surface area (Å²) in [6.07, 6.45) is 2.11. The topological polar surface area (TPSA) is 94.9 Å². The Bertz CT molecular complexity index is 1280. The molecule has 1 aliphatic rings. The molecule has 1 aromatic heterocycles. The number of fused-ring (bicyclic) bond motifs is 1. The lowest BCUT2D eigenvalue weighted by molar-refractivity contribution is -0.144. The van der Waals surface area contributed by atoms with Crippen molar-refractivity contribution in [2.45, 2.75) is 57.6 Å². The van der Waals surface area contributed by atoms with Crippen LogP contribution in [0, 0.1) is 5.92 Å². The van der Waals surface area contributed by atoms with E-state index in [0.29, 0.717) is 11.6 Å². The number of nitrogens with zero attached hydrogens (tertiary/aromatic N) is 3. The third kappa shape index (κ3) is 7.32. The second-order valence-corrected chi connectivity index (χ2v) is 11.2. The summed E-state index contributed by atoms with van der Waals surface area (Å²) >= 11 is 1.62. The highest BCUT2D eigenvalue weighted by molar-refractivity contribution is 8.00. The molecule has 3 aromatic rings. The Morgan fingerprint density at radius 2 is 1.90 bits per heavy atom. The summed E-state index contributed by atoms with van der Waals surface area (Å²) in [7, 11) is 1.73. The molecule has 0 radical (unpaired) electrons. The number of methoxy groups -OCH3 is 1. The van der Waals surface area contributed by atoms with Crippen molar-refractivity contribution in [3.8, 4) is 0 Å². The van der Waals surface area contributed by atoms with Crippen LogP contribution in [0.2, 0.25) is 0 Å². The molecular weight excluding hydrogens is 516 g/mol. The molecule has 0 bridgehead atoms. The molecule has 10 heteroatoms. The Hall–Kier alpha value is -3.08. The minimum Gasteiger partial charge on any atom is -0.456 e. The molecule has 210 valence electrons. The van der Waals surface area contributed by atoms with Gasteiger partial charge in [0, 0.05) is 56.6 Å². The molecule has 2 heterocycles. The van der Waals surface area contributed by atoms with Gasteiger partial charge in [0.05, 0.1) is 11.0 Å². The number of amides is 1. The van der Waals surface area contributed by atoms with Crippen LogP contribution in [0.1, 0.15) is 46.4 Å².